The van der Waals surface area contributed by atoms with Crippen LogP contribution in [0.3, 0.4) is 0 Å². The van der Waals surface area contributed by atoms with Gasteiger partial charge in [-0.3, -0.25) is 14.7 Å². The Hall–Kier alpha value is -2.08. The molecule has 6 nitrogen and oxygen atoms in total. The molecule has 2 atom stereocenters. The number of rotatable bonds is 7. The maximum atomic E-state index is 12.4. The van der Waals surface area contributed by atoms with Crippen molar-refractivity contribution in [1.29, 1.82) is 0 Å². The smallest absolute Gasteiger partial charge is 0.229 e. The lowest BCUT2D eigenvalue weighted by molar-refractivity contribution is -0.117. The molecule has 26 heavy (non-hydrogen) atoms. The summed E-state index contributed by atoms with van der Waals surface area (Å²) in [5.41, 5.74) is 0.961. The number of nitrogens with one attached hydrogen (secondary N) is 2. The summed E-state index contributed by atoms with van der Waals surface area (Å²) in [7, 11) is 2.19. The summed E-state index contributed by atoms with van der Waals surface area (Å²) in [6, 6.07) is 11.1. The molecular formula is C20H31N5O. The van der Waals surface area contributed by atoms with Gasteiger partial charge in [0.1, 0.15) is 0 Å². The SMILES string of the molecule is CCNC(=NCC(C)N(C)C1CC1)NC1CC(=O)N(c2ccccc2)C1. The van der Waals surface area contributed by atoms with Crippen molar-refractivity contribution in [2.75, 3.05) is 31.6 Å². The van der Waals surface area contributed by atoms with Crippen LogP contribution in [0.25, 0.3) is 0 Å². The van der Waals surface area contributed by atoms with Crippen LogP contribution in [0.4, 0.5) is 5.69 Å². The van der Waals surface area contributed by atoms with Crippen molar-refractivity contribution in [3.05, 3.63) is 30.3 Å². The van der Waals surface area contributed by atoms with Crippen molar-refractivity contribution in [2.24, 2.45) is 4.99 Å². The van der Waals surface area contributed by atoms with Crippen LogP contribution in [0.1, 0.15) is 33.1 Å². The minimum Gasteiger partial charge on any atom is -0.357 e. The lowest BCUT2D eigenvalue weighted by atomic mass is 10.2. The Kier molecular flexibility index (Phi) is 6.14. The van der Waals surface area contributed by atoms with Crippen LogP contribution in [-0.2, 0) is 4.79 Å². The van der Waals surface area contributed by atoms with E-state index < -0.39 is 0 Å². The van der Waals surface area contributed by atoms with Gasteiger partial charge < -0.3 is 15.5 Å². The Balaban J connectivity index is 1.57. The average Bonchev–Trinajstić information content (AvgIpc) is 3.43. The zero-order valence-corrected chi connectivity index (χ0v) is 16.1. The number of hydrogen-bond acceptors (Lipinski definition) is 3. The Morgan fingerprint density at radius 2 is 2.08 bits per heavy atom. The normalized spacial score (nSPS) is 22.0. The van der Waals surface area contributed by atoms with Crippen molar-refractivity contribution >= 4 is 17.6 Å². The highest BCUT2D eigenvalue weighted by atomic mass is 16.2. The van der Waals surface area contributed by atoms with Crippen LogP contribution in [0, 0.1) is 0 Å². The number of amides is 1. The predicted molar refractivity (Wildman–Crippen MR) is 107 cm³/mol. The Morgan fingerprint density at radius 1 is 1.35 bits per heavy atom. The molecule has 0 bridgehead atoms. The molecule has 1 saturated heterocycles. The lowest BCUT2D eigenvalue weighted by Crippen LogP contribution is -2.45. The molecule has 1 heterocycles. The molecule has 2 fully saturated rings. The van der Waals surface area contributed by atoms with E-state index in [1.165, 1.54) is 12.8 Å². The largest absolute Gasteiger partial charge is 0.357 e. The third-order valence-corrected chi connectivity index (χ3v) is 5.21. The van der Waals surface area contributed by atoms with E-state index in [-0.39, 0.29) is 11.9 Å². The Labute approximate surface area is 156 Å². The van der Waals surface area contributed by atoms with Crippen LogP contribution in [0.5, 0.6) is 0 Å². The van der Waals surface area contributed by atoms with Gasteiger partial charge in [-0.1, -0.05) is 18.2 Å². The zero-order valence-electron chi connectivity index (χ0n) is 16.1. The summed E-state index contributed by atoms with van der Waals surface area (Å²) in [5, 5.41) is 6.75. The summed E-state index contributed by atoms with van der Waals surface area (Å²) in [5.74, 6) is 0.961. The number of aliphatic imine (C=N–C) groups is 1. The van der Waals surface area contributed by atoms with E-state index in [0.717, 1.165) is 30.8 Å². The third-order valence-electron chi connectivity index (χ3n) is 5.21. The van der Waals surface area contributed by atoms with Crippen molar-refractivity contribution in [3.8, 4) is 0 Å². The number of anilines is 1. The highest BCUT2D eigenvalue weighted by molar-refractivity contribution is 5.97. The van der Waals surface area contributed by atoms with Crippen LogP contribution < -0.4 is 15.5 Å². The second-order valence-electron chi connectivity index (χ2n) is 7.35. The van der Waals surface area contributed by atoms with E-state index in [2.05, 4.69) is 36.4 Å². The second kappa shape index (κ2) is 8.54. The van der Waals surface area contributed by atoms with E-state index in [9.17, 15) is 4.79 Å². The van der Waals surface area contributed by atoms with Crippen molar-refractivity contribution in [3.63, 3.8) is 0 Å². The van der Waals surface area contributed by atoms with Gasteiger partial charge >= 0.3 is 0 Å². The number of nitrogens with zero attached hydrogens (tertiary/aromatic N) is 3. The van der Waals surface area contributed by atoms with E-state index >= 15 is 0 Å². The van der Waals surface area contributed by atoms with Gasteiger partial charge in [0.15, 0.2) is 5.96 Å². The molecular weight excluding hydrogens is 326 g/mol. The molecule has 0 spiro atoms. The predicted octanol–water partition coefficient (Wildman–Crippen LogP) is 1.83. The summed E-state index contributed by atoms with van der Waals surface area (Å²) < 4.78 is 0. The maximum Gasteiger partial charge on any atom is 0.229 e. The van der Waals surface area contributed by atoms with E-state index in [1.807, 2.05) is 35.2 Å². The fraction of sp³-hybridized carbons (Fsp3) is 0.600. The molecule has 1 aromatic rings. The highest BCUT2D eigenvalue weighted by Gasteiger charge is 2.31. The van der Waals surface area contributed by atoms with Crippen LogP contribution in [-0.4, -0.2) is 61.6 Å². The number of hydrogen-bond donors (Lipinski definition) is 2. The first-order valence-electron chi connectivity index (χ1n) is 9.70. The van der Waals surface area contributed by atoms with Crippen molar-refractivity contribution in [1.82, 2.24) is 15.5 Å². The fourth-order valence-corrected chi connectivity index (χ4v) is 3.37. The molecule has 1 amide bonds. The molecule has 2 unspecified atom stereocenters. The summed E-state index contributed by atoms with van der Waals surface area (Å²) in [6.07, 6.45) is 3.11. The molecule has 142 valence electrons. The minimum absolute atomic E-state index is 0.0805. The van der Waals surface area contributed by atoms with Crippen LogP contribution in [0.15, 0.2) is 35.3 Å². The lowest BCUT2D eigenvalue weighted by Gasteiger charge is -2.24. The average molecular weight is 358 g/mol. The number of para-hydroxylation sites is 1. The highest BCUT2D eigenvalue weighted by Crippen LogP contribution is 2.27. The topological polar surface area (TPSA) is 60.0 Å². The Bertz CT molecular complexity index is 628. The molecule has 2 aliphatic rings. The summed E-state index contributed by atoms with van der Waals surface area (Å²) >= 11 is 0. The summed E-state index contributed by atoms with van der Waals surface area (Å²) in [4.78, 5) is 21.4. The molecule has 1 saturated carbocycles. The Morgan fingerprint density at radius 3 is 2.73 bits per heavy atom. The first-order valence-corrected chi connectivity index (χ1v) is 9.70. The van der Waals surface area contributed by atoms with Gasteiger partial charge in [-0.25, -0.2) is 0 Å². The van der Waals surface area contributed by atoms with Crippen molar-refractivity contribution in [2.45, 2.75) is 51.2 Å². The second-order valence-corrected chi connectivity index (χ2v) is 7.35. The quantitative estimate of drug-likeness (QED) is 0.577. The monoisotopic (exact) mass is 357 g/mol. The maximum absolute atomic E-state index is 12.4. The van der Waals surface area contributed by atoms with Crippen LogP contribution >= 0.6 is 0 Å². The molecule has 3 rings (SSSR count). The van der Waals surface area contributed by atoms with Gasteiger partial charge in [0.25, 0.3) is 0 Å². The fourth-order valence-electron chi connectivity index (χ4n) is 3.37. The van der Waals surface area contributed by atoms with E-state index in [0.29, 0.717) is 19.0 Å². The molecule has 2 N–H and O–H groups in total. The minimum atomic E-state index is 0.0805. The first-order chi connectivity index (χ1) is 12.6. The number of guanidine groups is 1. The van der Waals surface area contributed by atoms with Gasteiger partial charge in [-0.05, 0) is 45.9 Å². The summed E-state index contributed by atoms with van der Waals surface area (Å²) in [6.45, 7) is 6.52. The van der Waals surface area contributed by atoms with Gasteiger partial charge in [0.05, 0.1) is 12.6 Å². The van der Waals surface area contributed by atoms with Gasteiger partial charge in [0, 0.05) is 37.3 Å². The van der Waals surface area contributed by atoms with Gasteiger partial charge in [0.2, 0.25) is 5.91 Å². The number of benzene rings is 1. The standard InChI is InChI=1S/C20H31N5O/c1-4-21-20(22-13-15(2)24(3)17-10-11-17)23-16-12-19(26)25(14-16)18-8-6-5-7-9-18/h5-9,15-17H,4,10-14H2,1-3H3,(H2,21,22,23). The van der Waals surface area contributed by atoms with Gasteiger partial charge in [-0.15, -0.1) is 0 Å². The number of carbonyl (C=O) groups excluding carboxylic acids is 1. The number of likely N-dealkylation sites (N-methyl/N-ethyl adjacent to an activating group) is 1. The third kappa shape index (κ3) is 4.75. The van der Waals surface area contributed by atoms with Crippen molar-refractivity contribution < 1.29 is 4.79 Å². The van der Waals surface area contributed by atoms with E-state index in [4.69, 9.17) is 4.99 Å². The molecule has 1 aliphatic carbocycles. The molecule has 0 radical (unpaired) electrons. The molecule has 1 aromatic carbocycles. The molecule has 0 aromatic heterocycles. The van der Waals surface area contributed by atoms with E-state index in [1.54, 1.807) is 0 Å². The van der Waals surface area contributed by atoms with Gasteiger partial charge in [-0.2, -0.15) is 0 Å². The van der Waals surface area contributed by atoms with Crippen LogP contribution in [0.2, 0.25) is 0 Å². The molecule has 6 heteroatoms. The first kappa shape index (κ1) is 18.7. The molecule has 1 aliphatic heterocycles. The number of carbonyl (C=O) groups is 1. The zero-order chi connectivity index (χ0) is 18.5.